The van der Waals surface area contributed by atoms with Crippen molar-refractivity contribution in [3.8, 4) is 11.3 Å². The van der Waals surface area contributed by atoms with E-state index in [1.807, 2.05) is 45.6 Å². The van der Waals surface area contributed by atoms with Gasteiger partial charge in [0.05, 0.1) is 29.2 Å². The third-order valence-corrected chi connectivity index (χ3v) is 7.01. The fourth-order valence-electron chi connectivity index (χ4n) is 4.75. The first kappa shape index (κ1) is 24.1. The summed E-state index contributed by atoms with van der Waals surface area (Å²) < 4.78 is 6.86. The standard InChI is InChI=1S/C27H31N9O2/c1-27(2,3)24(37)38-16-36-15-23(33-34-36)20-13-35(14-20)26-30-12-22(32-26)19-10-28-25(29-11-19)31-21-8-17-6-4-5-7-18(17)9-21/h4-7,10-12,15,20-21H,8-9,13-14,16H2,1-3H3,(H,30,32)(H,28,29,31). The third-order valence-electron chi connectivity index (χ3n) is 7.01. The minimum absolute atomic E-state index is 0.0613. The van der Waals surface area contributed by atoms with E-state index in [4.69, 9.17) is 4.74 Å². The van der Waals surface area contributed by atoms with E-state index in [0.29, 0.717) is 12.0 Å². The molecule has 38 heavy (non-hydrogen) atoms. The molecule has 1 aliphatic carbocycles. The van der Waals surface area contributed by atoms with Crippen LogP contribution in [0.2, 0.25) is 0 Å². The first-order chi connectivity index (χ1) is 18.3. The predicted molar refractivity (Wildman–Crippen MR) is 141 cm³/mol. The van der Waals surface area contributed by atoms with Gasteiger partial charge >= 0.3 is 5.97 Å². The minimum Gasteiger partial charge on any atom is -0.442 e. The SMILES string of the molecule is CC(C)(C)C(=O)OCn1cc(C2CN(c3ncc(-c4cnc(NC5Cc6ccccc6C5)nc4)[nH]3)C2)nn1. The lowest BCUT2D eigenvalue weighted by molar-refractivity contribution is -0.157. The van der Waals surface area contributed by atoms with Gasteiger partial charge in [0.2, 0.25) is 11.9 Å². The number of fused-ring (bicyclic) bond motifs is 1. The van der Waals surface area contributed by atoms with E-state index < -0.39 is 5.41 Å². The van der Waals surface area contributed by atoms with Crippen LogP contribution in [0, 0.1) is 5.41 Å². The van der Waals surface area contributed by atoms with Crippen molar-refractivity contribution in [3.05, 3.63) is 65.9 Å². The van der Waals surface area contributed by atoms with Gasteiger partial charge in [-0.05, 0) is 44.7 Å². The number of ether oxygens (including phenoxy) is 1. The Bertz CT molecular complexity index is 1410. The van der Waals surface area contributed by atoms with Gasteiger partial charge in [-0.1, -0.05) is 29.5 Å². The third kappa shape index (κ3) is 4.96. The van der Waals surface area contributed by atoms with E-state index in [9.17, 15) is 4.79 Å². The summed E-state index contributed by atoms with van der Waals surface area (Å²) in [6.07, 6.45) is 9.26. The van der Waals surface area contributed by atoms with Crippen LogP contribution in [0.25, 0.3) is 11.3 Å². The average molecular weight is 514 g/mol. The Kier molecular flexibility index (Phi) is 6.05. The van der Waals surface area contributed by atoms with Gasteiger partial charge < -0.3 is 19.9 Å². The van der Waals surface area contributed by atoms with Crippen molar-refractivity contribution in [2.75, 3.05) is 23.3 Å². The summed E-state index contributed by atoms with van der Waals surface area (Å²) in [6.45, 7) is 7.07. The number of hydrogen-bond donors (Lipinski definition) is 2. The number of nitrogens with zero attached hydrogens (tertiary/aromatic N) is 7. The molecule has 11 nitrogen and oxygen atoms in total. The molecule has 0 saturated carbocycles. The van der Waals surface area contributed by atoms with E-state index in [-0.39, 0.29) is 18.6 Å². The zero-order chi connectivity index (χ0) is 26.3. The van der Waals surface area contributed by atoms with Crippen LogP contribution in [-0.4, -0.2) is 60.0 Å². The van der Waals surface area contributed by atoms with E-state index in [2.05, 4.69) is 64.7 Å². The van der Waals surface area contributed by atoms with Crippen LogP contribution in [0.1, 0.15) is 43.5 Å². The molecule has 196 valence electrons. The molecule has 3 aromatic heterocycles. The lowest BCUT2D eigenvalue weighted by atomic mass is 9.97. The van der Waals surface area contributed by atoms with E-state index >= 15 is 0 Å². The molecule has 0 bridgehead atoms. The van der Waals surface area contributed by atoms with Crippen LogP contribution in [-0.2, 0) is 29.1 Å². The summed E-state index contributed by atoms with van der Waals surface area (Å²) in [7, 11) is 0. The Morgan fingerprint density at radius 3 is 2.47 bits per heavy atom. The second-order valence-electron chi connectivity index (χ2n) is 11.0. The molecule has 0 atom stereocenters. The largest absolute Gasteiger partial charge is 0.442 e. The highest BCUT2D eigenvalue weighted by molar-refractivity contribution is 5.75. The molecular formula is C27H31N9O2. The van der Waals surface area contributed by atoms with Crippen molar-refractivity contribution >= 4 is 17.9 Å². The molecule has 0 radical (unpaired) electrons. The molecule has 6 rings (SSSR count). The van der Waals surface area contributed by atoms with E-state index in [0.717, 1.165) is 48.8 Å². The van der Waals surface area contributed by atoms with Gasteiger partial charge in [-0.15, -0.1) is 5.10 Å². The Morgan fingerprint density at radius 1 is 1.08 bits per heavy atom. The lowest BCUT2D eigenvalue weighted by Gasteiger charge is -2.37. The van der Waals surface area contributed by atoms with Gasteiger partial charge in [-0.2, -0.15) is 0 Å². The van der Waals surface area contributed by atoms with E-state index in [1.165, 1.54) is 11.1 Å². The van der Waals surface area contributed by atoms with Crippen molar-refractivity contribution < 1.29 is 9.53 Å². The molecule has 0 unspecified atom stereocenters. The van der Waals surface area contributed by atoms with Gasteiger partial charge in [0.15, 0.2) is 6.73 Å². The minimum atomic E-state index is -0.548. The van der Waals surface area contributed by atoms with Crippen LogP contribution < -0.4 is 10.2 Å². The van der Waals surface area contributed by atoms with Crippen molar-refractivity contribution in [1.82, 2.24) is 34.9 Å². The molecule has 11 heteroatoms. The summed E-state index contributed by atoms with van der Waals surface area (Å²) in [5.41, 5.74) is 4.87. The number of hydrogen-bond acceptors (Lipinski definition) is 9. The molecule has 1 saturated heterocycles. The maximum Gasteiger partial charge on any atom is 0.313 e. The lowest BCUT2D eigenvalue weighted by Crippen LogP contribution is -2.45. The smallest absolute Gasteiger partial charge is 0.313 e. The van der Waals surface area contributed by atoms with Crippen LogP contribution in [0.3, 0.4) is 0 Å². The van der Waals surface area contributed by atoms with Gasteiger partial charge in [0.1, 0.15) is 0 Å². The van der Waals surface area contributed by atoms with Crippen molar-refractivity contribution in [2.24, 2.45) is 5.41 Å². The number of benzene rings is 1. The Hall–Kier alpha value is -4.28. The second kappa shape index (κ2) is 9.55. The number of aromatic nitrogens is 7. The molecular weight excluding hydrogens is 482 g/mol. The number of H-pyrrole nitrogens is 1. The van der Waals surface area contributed by atoms with Crippen molar-refractivity contribution in [2.45, 2.75) is 52.3 Å². The molecule has 4 aromatic rings. The first-order valence-electron chi connectivity index (χ1n) is 12.8. The summed E-state index contributed by atoms with van der Waals surface area (Å²) in [4.78, 5) is 31.1. The first-order valence-corrected chi connectivity index (χ1v) is 12.8. The Labute approximate surface area is 220 Å². The highest BCUT2D eigenvalue weighted by atomic mass is 16.5. The van der Waals surface area contributed by atoms with Crippen molar-refractivity contribution in [3.63, 3.8) is 0 Å². The molecule has 1 fully saturated rings. The van der Waals surface area contributed by atoms with E-state index in [1.54, 1.807) is 4.68 Å². The number of anilines is 2. The van der Waals surface area contributed by atoms with Gasteiger partial charge in [-0.3, -0.25) is 4.79 Å². The molecule has 0 spiro atoms. The van der Waals surface area contributed by atoms with Gasteiger partial charge in [-0.25, -0.2) is 19.6 Å². The summed E-state index contributed by atoms with van der Waals surface area (Å²) in [5.74, 6) is 1.41. The Balaban J connectivity index is 1.01. The van der Waals surface area contributed by atoms with Crippen molar-refractivity contribution in [1.29, 1.82) is 0 Å². The fraction of sp³-hybridized carbons (Fsp3) is 0.407. The number of rotatable bonds is 7. The number of imidazole rings is 1. The molecule has 2 aliphatic rings. The van der Waals surface area contributed by atoms with Crippen LogP contribution >= 0.6 is 0 Å². The molecule has 1 aliphatic heterocycles. The highest BCUT2D eigenvalue weighted by Gasteiger charge is 2.32. The number of carbonyl (C=O) groups is 1. The summed E-state index contributed by atoms with van der Waals surface area (Å²) in [5, 5.41) is 11.8. The zero-order valence-electron chi connectivity index (χ0n) is 21.8. The van der Waals surface area contributed by atoms with Crippen LogP contribution in [0.15, 0.2) is 49.1 Å². The summed E-state index contributed by atoms with van der Waals surface area (Å²) >= 11 is 0. The Morgan fingerprint density at radius 2 is 1.79 bits per heavy atom. The predicted octanol–water partition coefficient (Wildman–Crippen LogP) is 3.19. The molecule has 2 N–H and O–H groups in total. The number of esters is 1. The molecule has 0 amide bonds. The number of aromatic amines is 1. The highest BCUT2D eigenvalue weighted by Crippen LogP contribution is 2.30. The average Bonchev–Trinajstić information content (AvgIpc) is 3.61. The maximum absolute atomic E-state index is 12.0. The quantitative estimate of drug-likeness (QED) is 0.358. The van der Waals surface area contributed by atoms with Crippen LogP contribution in [0.5, 0.6) is 0 Å². The number of nitrogens with one attached hydrogen (secondary N) is 2. The maximum atomic E-state index is 12.0. The monoisotopic (exact) mass is 513 g/mol. The molecule has 4 heterocycles. The fourth-order valence-corrected chi connectivity index (χ4v) is 4.75. The van der Waals surface area contributed by atoms with Crippen LogP contribution in [0.4, 0.5) is 11.9 Å². The van der Waals surface area contributed by atoms with Gasteiger partial charge in [0, 0.05) is 43.0 Å². The van der Waals surface area contributed by atoms with Gasteiger partial charge in [0.25, 0.3) is 0 Å². The normalized spacial score (nSPS) is 15.8. The molecule has 1 aromatic carbocycles. The second-order valence-corrected chi connectivity index (χ2v) is 11.0. The topological polar surface area (TPSA) is 127 Å². The zero-order valence-corrected chi connectivity index (χ0v) is 21.8. The summed E-state index contributed by atoms with van der Waals surface area (Å²) in [6, 6.07) is 8.87. The number of carbonyl (C=O) groups excluding carboxylic acids is 1.